The molecule has 0 rings (SSSR count). The molecule has 0 aliphatic heterocycles. The molecule has 0 aromatic carbocycles. The third kappa shape index (κ3) is 55.8. The van der Waals surface area contributed by atoms with Crippen molar-refractivity contribution in [1.29, 1.82) is 0 Å². The van der Waals surface area contributed by atoms with Gasteiger partial charge in [-0.05, 0) is 135 Å². The third-order valence-corrected chi connectivity index (χ3v) is 11.0. The normalized spacial score (nSPS) is 13.3. The molecule has 0 fully saturated rings. The molecule has 0 amide bonds. The van der Waals surface area contributed by atoms with Crippen LogP contribution >= 0.6 is 0 Å². The van der Waals surface area contributed by atoms with Crippen molar-refractivity contribution >= 4 is 17.9 Å². The zero-order chi connectivity index (χ0) is 51.4. The Bertz CT molecular complexity index is 1640. The Morgan fingerprint density at radius 2 is 0.592 bits per heavy atom. The van der Waals surface area contributed by atoms with Gasteiger partial charge in [-0.1, -0.05) is 217 Å². The van der Waals surface area contributed by atoms with E-state index in [0.29, 0.717) is 19.3 Å². The van der Waals surface area contributed by atoms with E-state index in [0.717, 1.165) is 109 Å². The molecule has 0 saturated carbocycles. The molecular formula is C65H100O6. The first-order chi connectivity index (χ1) is 35.0. The van der Waals surface area contributed by atoms with Crippen molar-refractivity contribution in [3.8, 4) is 0 Å². The van der Waals surface area contributed by atoms with Gasteiger partial charge in [-0.25, -0.2) is 0 Å². The topological polar surface area (TPSA) is 78.9 Å². The van der Waals surface area contributed by atoms with Crippen LogP contribution in [0.2, 0.25) is 0 Å². The van der Waals surface area contributed by atoms with Crippen molar-refractivity contribution in [2.75, 3.05) is 13.2 Å². The van der Waals surface area contributed by atoms with Crippen molar-refractivity contribution < 1.29 is 28.6 Å². The Labute approximate surface area is 435 Å². The number of ether oxygens (including phenoxy) is 3. The number of carbonyl (C=O) groups is 3. The molecule has 6 heteroatoms. The first-order valence-corrected chi connectivity index (χ1v) is 28.0. The van der Waals surface area contributed by atoms with E-state index in [9.17, 15) is 14.4 Å². The number of hydrogen-bond donors (Lipinski definition) is 0. The molecule has 0 radical (unpaired) electrons. The number of allylic oxidation sites excluding steroid dienone is 26. The summed E-state index contributed by atoms with van der Waals surface area (Å²) in [6.45, 7) is 6.32. The molecular weight excluding hydrogens is 877 g/mol. The minimum absolute atomic E-state index is 0.143. The zero-order valence-electron chi connectivity index (χ0n) is 45.2. The van der Waals surface area contributed by atoms with Gasteiger partial charge in [0.2, 0.25) is 0 Å². The number of rotatable bonds is 48. The molecule has 396 valence electrons. The fourth-order valence-corrected chi connectivity index (χ4v) is 6.82. The lowest BCUT2D eigenvalue weighted by molar-refractivity contribution is -0.166. The Hall–Kier alpha value is -4.97. The highest BCUT2D eigenvalue weighted by Gasteiger charge is 2.19. The van der Waals surface area contributed by atoms with Gasteiger partial charge in [-0.2, -0.15) is 0 Å². The lowest BCUT2D eigenvalue weighted by Crippen LogP contribution is -2.30. The minimum atomic E-state index is -0.856. The van der Waals surface area contributed by atoms with Crippen LogP contribution in [-0.2, 0) is 28.6 Å². The van der Waals surface area contributed by atoms with Crippen LogP contribution in [0.25, 0.3) is 0 Å². The van der Waals surface area contributed by atoms with Crippen LogP contribution in [0.3, 0.4) is 0 Å². The van der Waals surface area contributed by atoms with E-state index >= 15 is 0 Å². The van der Waals surface area contributed by atoms with Crippen LogP contribution in [0.4, 0.5) is 0 Å². The third-order valence-electron chi connectivity index (χ3n) is 11.0. The quantitative estimate of drug-likeness (QED) is 0.0262. The van der Waals surface area contributed by atoms with E-state index in [-0.39, 0.29) is 38.0 Å². The Kier molecular flexibility index (Phi) is 53.6. The maximum Gasteiger partial charge on any atom is 0.306 e. The van der Waals surface area contributed by atoms with Gasteiger partial charge in [0.25, 0.3) is 0 Å². The molecule has 0 aromatic heterocycles. The van der Waals surface area contributed by atoms with E-state index in [2.05, 4.69) is 167 Å². The number of carbonyl (C=O) groups excluding carboxylic acids is 3. The summed E-state index contributed by atoms with van der Waals surface area (Å²) in [4.78, 5) is 38.1. The summed E-state index contributed by atoms with van der Waals surface area (Å²) in [5, 5.41) is 0. The van der Waals surface area contributed by atoms with Crippen molar-refractivity contribution in [2.45, 2.75) is 219 Å². The fraction of sp³-hybridized carbons (Fsp3) is 0.554. The van der Waals surface area contributed by atoms with Crippen LogP contribution in [0, 0.1) is 0 Å². The van der Waals surface area contributed by atoms with Crippen LogP contribution in [0.15, 0.2) is 158 Å². The highest BCUT2D eigenvalue weighted by Crippen LogP contribution is 2.10. The Morgan fingerprint density at radius 3 is 0.972 bits per heavy atom. The second kappa shape index (κ2) is 57.6. The maximum atomic E-state index is 12.8. The molecule has 71 heavy (non-hydrogen) atoms. The molecule has 0 N–H and O–H groups in total. The van der Waals surface area contributed by atoms with Gasteiger partial charge in [0.05, 0.1) is 0 Å². The van der Waals surface area contributed by atoms with Gasteiger partial charge in [0.15, 0.2) is 6.10 Å². The second-order valence-electron chi connectivity index (χ2n) is 17.7. The van der Waals surface area contributed by atoms with Gasteiger partial charge in [0.1, 0.15) is 13.2 Å². The molecule has 0 heterocycles. The summed E-state index contributed by atoms with van der Waals surface area (Å²) in [5.41, 5.74) is 0. The van der Waals surface area contributed by atoms with Gasteiger partial charge in [-0.3, -0.25) is 14.4 Å². The SMILES string of the molecule is CC/C=C\C/C=C\C/C=C\C/C=C\C/C=C\CCCC(=O)O[C@H](COC(=O)CC/C=C\C/C=C\C/C=C\C/C=C\C/C=C\CCCCC)COC(=O)CCCCCC/C=C\C/C=C\C/C=C\CCCCC. The monoisotopic (exact) mass is 977 g/mol. The smallest absolute Gasteiger partial charge is 0.306 e. The molecule has 1 atom stereocenters. The van der Waals surface area contributed by atoms with Crippen molar-refractivity contribution in [3.05, 3.63) is 158 Å². The summed E-state index contributed by atoms with van der Waals surface area (Å²) < 4.78 is 16.7. The predicted octanol–water partition coefficient (Wildman–Crippen LogP) is 19.0. The second-order valence-corrected chi connectivity index (χ2v) is 17.7. The van der Waals surface area contributed by atoms with E-state index in [1.165, 1.54) is 51.4 Å². The summed E-state index contributed by atoms with van der Waals surface area (Å²) >= 11 is 0. The first kappa shape index (κ1) is 66.0. The van der Waals surface area contributed by atoms with Gasteiger partial charge < -0.3 is 14.2 Å². The molecule has 0 aromatic rings. The minimum Gasteiger partial charge on any atom is -0.462 e. The molecule has 0 aliphatic carbocycles. The van der Waals surface area contributed by atoms with E-state index in [1.807, 2.05) is 12.2 Å². The first-order valence-electron chi connectivity index (χ1n) is 28.0. The molecule has 0 bridgehead atoms. The average molecular weight is 978 g/mol. The summed E-state index contributed by atoms with van der Waals surface area (Å²) in [7, 11) is 0. The molecule has 6 nitrogen and oxygen atoms in total. The lowest BCUT2D eigenvalue weighted by atomic mass is 10.1. The lowest BCUT2D eigenvalue weighted by Gasteiger charge is -2.18. The maximum absolute atomic E-state index is 12.8. The molecule has 0 unspecified atom stereocenters. The number of hydrogen-bond acceptors (Lipinski definition) is 6. The molecule has 0 aliphatic rings. The largest absolute Gasteiger partial charge is 0.462 e. The van der Waals surface area contributed by atoms with Gasteiger partial charge in [-0.15, -0.1) is 0 Å². The van der Waals surface area contributed by atoms with E-state index < -0.39 is 12.1 Å². The van der Waals surface area contributed by atoms with Crippen molar-refractivity contribution in [1.82, 2.24) is 0 Å². The zero-order valence-corrected chi connectivity index (χ0v) is 45.2. The van der Waals surface area contributed by atoms with Crippen LogP contribution < -0.4 is 0 Å². The van der Waals surface area contributed by atoms with Crippen molar-refractivity contribution in [2.24, 2.45) is 0 Å². The standard InChI is InChI=1S/C65H100O6/c1-4-7-10-13-16-19-22-25-28-31-32-35-37-40-43-46-49-52-55-58-64(67)70-61-62(71-65(68)59-56-53-50-47-44-41-38-34-30-27-24-21-18-15-12-9-6-3)60-69-63(66)57-54-51-48-45-42-39-36-33-29-26-23-20-17-14-11-8-5-2/h9,12,16-21,25-30,32,35-36,38-41,43,47,49-50,52,62H,4-8,10-11,13-15,22-24,31,33-34,37,42,44-46,48,51,53-61H2,1-3H3/b12-9-,19-16-,20-17-,21-18-,28-25-,29-26-,30-27-,35-32-,39-36-,41-38-,43-40-,50-47-,52-49-/t62-/m0/s1. The highest BCUT2D eigenvalue weighted by atomic mass is 16.6. The average Bonchev–Trinajstić information content (AvgIpc) is 3.37. The van der Waals surface area contributed by atoms with Crippen molar-refractivity contribution in [3.63, 3.8) is 0 Å². The van der Waals surface area contributed by atoms with E-state index in [1.54, 1.807) is 0 Å². The van der Waals surface area contributed by atoms with Crippen LogP contribution in [-0.4, -0.2) is 37.2 Å². The molecule has 0 saturated heterocycles. The predicted molar refractivity (Wildman–Crippen MR) is 306 cm³/mol. The number of esters is 3. The molecule has 0 spiro atoms. The summed E-state index contributed by atoms with van der Waals surface area (Å²) in [5.74, 6) is -1.12. The van der Waals surface area contributed by atoms with E-state index in [4.69, 9.17) is 14.2 Å². The highest BCUT2D eigenvalue weighted by molar-refractivity contribution is 5.71. The summed E-state index contributed by atoms with van der Waals surface area (Å²) in [6.07, 6.45) is 83.8. The Morgan fingerprint density at radius 1 is 0.296 bits per heavy atom. The van der Waals surface area contributed by atoms with Crippen LogP contribution in [0.1, 0.15) is 213 Å². The number of unbranched alkanes of at least 4 members (excludes halogenated alkanes) is 11. The summed E-state index contributed by atoms with van der Waals surface area (Å²) in [6, 6.07) is 0. The van der Waals surface area contributed by atoms with Gasteiger partial charge in [0, 0.05) is 19.3 Å². The van der Waals surface area contributed by atoms with Gasteiger partial charge >= 0.3 is 17.9 Å². The fourth-order valence-electron chi connectivity index (χ4n) is 6.82. The van der Waals surface area contributed by atoms with Crippen LogP contribution in [0.5, 0.6) is 0 Å². The Balaban J connectivity index is 4.66.